The Hall–Kier alpha value is -7.75. The molecule has 2 saturated carbocycles. The molecule has 7 rings (SSSR count). The summed E-state index contributed by atoms with van der Waals surface area (Å²) in [7, 11) is 2.46. The molecule has 1 aromatic heterocycles. The average Bonchev–Trinajstić information content (AvgIpc) is 4.46. The fourth-order valence-electron chi connectivity index (χ4n) is 11.1. The lowest BCUT2D eigenvalue weighted by molar-refractivity contribution is -0.161. The standard InChI is InChI=1S/C59H75ClN8O14/c1-9-17-34-24-44-59(78)82-33(6)49(66-51(70)41(27-37-25-39(37)57(76)80-7)61-52(71)43-22-23-45(60)68(43)79)55(74)65-47(31(4)35-18-13-11-14-19-35)53(72)62-42(28-38-26-40(38)58(77)81-8)50(69)64-48(32(5)36-20-15-12-16-21-36)54(73)63-46(30(3)10-2)56(75)67(44)29-34/h9,11-23,30-34,37-42,44,46-49,79H,10,24-29H2,1-8H3,(H,61,71)(H,62,72)(H,63,73)(H,64,69)(H,65,74)(H,66,70)/b17-9-/t30-,31+,32+,33+,34-,37-,38+,39+,40-,41-,42+,44-,46-,47-,48?,49+/m0/s1. The van der Waals surface area contributed by atoms with Gasteiger partial charge in [0, 0.05) is 18.4 Å². The van der Waals surface area contributed by atoms with Gasteiger partial charge >= 0.3 is 17.9 Å². The number of hydrogen-bond acceptors (Lipinski definition) is 14. The summed E-state index contributed by atoms with van der Waals surface area (Å²) in [4.78, 5) is 146. The number of fused-ring (bicyclic) bond motifs is 1. The van der Waals surface area contributed by atoms with E-state index >= 15 is 24.0 Å². The van der Waals surface area contributed by atoms with Crippen LogP contribution in [0.4, 0.5) is 0 Å². The van der Waals surface area contributed by atoms with E-state index < -0.39 is 149 Å². The Morgan fingerprint density at radius 2 is 1.30 bits per heavy atom. The van der Waals surface area contributed by atoms with Crippen LogP contribution in [0.3, 0.4) is 0 Å². The SMILES string of the molecule is C/C=C\[C@H]1C[C@H]2C(=O)O[C@H](C)[C@@H](NC(=O)[C@H](C[C@@H]3C[C@H]3C(=O)OC)NC(=O)c3ccc(Cl)n3O)C(=O)N[C@@H]([C@H](C)c3ccccc3)C(=O)N[C@H](C[C@H]3C[C@@H]3C(=O)OC)C(=O)NC([C@H](C)c3ccccc3)C(=O)N[C@@H]([C@@H](C)CC)C(=O)N2C1. The third-order valence-electron chi connectivity index (χ3n) is 16.5. The van der Waals surface area contributed by atoms with E-state index in [-0.39, 0.29) is 42.6 Å². The van der Waals surface area contributed by atoms with Gasteiger partial charge in [-0.15, -0.1) is 0 Å². The number of rotatable bonds is 17. The Labute approximate surface area is 481 Å². The van der Waals surface area contributed by atoms with Crippen molar-refractivity contribution in [3.63, 3.8) is 0 Å². The van der Waals surface area contributed by atoms with Gasteiger partial charge in [0.1, 0.15) is 59.2 Å². The van der Waals surface area contributed by atoms with Crippen molar-refractivity contribution < 1.29 is 67.4 Å². The number of benzene rings is 2. The Morgan fingerprint density at radius 3 is 1.85 bits per heavy atom. The second-order valence-electron chi connectivity index (χ2n) is 22.1. The number of nitrogens with zero attached hydrogens (tertiary/aromatic N) is 2. The molecule has 0 bridgehead atoms. The zero-order valence-electron chi connectivity index (χ0n) is 47.3. The predicted molar refractivity (Wildman–Crippen MR) is 297 cm³/mol. The van der Waals surface area contributed by atoms with Crippen molar-refractivity contribution in [3.05, 3.63) is 107 Å². The highest BCUT2D eigenvalue weighted by atomic mass is 35.5. The Bertz CT molecular complexity index is 2890. The van der Waals surface area contributed by atoms with Gasteiger partial charge in [-0.2, -0.15) is 4.73 Å². The summed E-state index contributed by atoms with van der Waals surface area (Å²) < 4.78 is 16.5. The smallest absolute Gasteiger partial charge is 0.329 e. The molecule has 82 heavy (non-hydrogen) atoms. The summed E-state index contributed by atoms with van der Waals surface area (Å²) in [6, 6.07) is 9.72. The summed E-state index contributed by atoms with van der Waals surface area (Å²) in [5.41, 5.74) is 0.865. The first kappa shape index (κ1) is 61.9. The maximum Gasteiger partial charge on any atom is 0.329 e. The van der Waals surface area contributed by atoms with Crippen LogP contribution >= 0.6 is 11.6 Å². The molecule has 2 aromatic carbocycles. The Morgan fingerprint density at radius 1 is 0.756 bits per heavy atom. The minimum Gasteiger partial charge on any atom is -0.469 e. The van der Waals surface area contributed by atoms with E-state index in [1.54, 1.807) is 94.4 Å². The number of amides is 7. The molecule has 3 aromatic rings. The van der Waals surface area contributed by atoms with Crippen LogP contribution in [-0.2, 0) is 57.4 Å². The lowest BCUT2D eigenvalue weighted by Gasteiger charge is -2.34. The molecule has 23 heteroatoms. The average molecular weight is 1160 g/mol. The molecule has 22 nitrogen and oxygen atoms in total. The third kappa shape index (κ3) is 14.6. The molecular weight excluding hydrogens is 1080 g/mol. The highest BCUT2D eigenvalue weighted by Gasteiger charge is 2.50. The van der Waals surface area contributed by atoms with E-state index in [0.29, 0.717) is 35.1 Å². The first-order valence-electron chi connectivity index (χ1n) is 27.9. The van der Waals surface area contributed by atoms with E-state index in [0.717, 1.165) is 0 Å². The van der Waals surface area contributed by atoms with Crippen LogP contribution in [-0.4, -0.2) is 143 Å². The van der Waals surface area contributed by atoms with Crippen molar-refractivity contribution >= 4 is 70.9 Å². The molecule has 2 aliphatic carbocycles. The summed E-state index contributed by atoms with van der Waals surface area (Å²) in [6.07, 6.45) is 2.84. The second kappa shape index (κ2) is 27.3. The fourth-order valence-corrected chi connectivity index (χ4v) is 11.3. The normalized spacial score (nSPS) is 28.6. The summed E-state index contributed by atoms with van der Waals surface area (Å²) in [5.74, 6) is -12.7. The van der Waals surface area contributed by atoms with Crippen LogP contribution in [0.15, 0.2) is 84.9 Å². The Kier molecular flexibility index (Phi) is 20.6. The molecule has 2 aliphatic heterocycles. The molecule has 16 atom stereocenters. The lowest BCUT2D eigenvalue weighted by Crippen LogP contribution is -2.62. The quantitative estimate of drug-likeness (QED) is 0.0439. The molecule has 2 saturated heterocycles. The number of cyclic esters (lactones) is 1. The number of methoxy groups -OCH3 is 2. The topological polar surface area (TPSA) is 299 Å². The molecule has 4 fully saturated rings. The summed E-state index contributed by atoms with van der Waals surface area (Å²) in [5, 5.41) is 27.0. The zero-order valence-corrected chi connectivity index (χ0v) is 48.1. The van der Waals surface area contributed by atoms with Crippen LogP contribution in [0.25, 0.3) is 0 Å². The maximum absolute atomic E-state index is 15.3. The van der Waals surface area contributed by atoms with Crippen molar-refractivity contribution in [2.24, 2.45) is 35.5 Å². The monoisotopic (exact) mass is 1150 g/mol. The fraction of sp³-hybridized carbons (Fsp3) is 0.525. The number of ether oxygens (including phenoxy) is 3. The van der Waals surface area contributed by atoms with Gasteiger partial charge < -0.3 is 56.2 Å². The second-order valence-corrected chi connectivity index (χ2v) is 22.4. The first-order valence-corrected chi connectivity index (χ1v) is 28.3. The minimum atomic E-state index is -1.86. The number of hydrogen-bond donors (Lipinski definition) is 7. The molecular formula is C59H75ClN8O14. The van der Waals surface area contributed by atoms with Crippen molar-refractivity contribution in [2.45, 2.75) is 140 Å². The highest BCUT2D eigenvalue weighted by molar-refractivity contribution is 6.30. The van der Waals surface area contributed by atoms with Crippen LogP contribution in [0.1, 0.15) is 114 Å². The number of aromatic nitrogens is 1. The van der Waals surface area contributed by atoms with Gasteiger partial charge in [-0.25, -0.2) is 4.79 Å². The number of nitrogens with one attached hydrogen (secondary N) is 6. The van der Waals surface area contributed by atoms with Crippen molar-refractivity contribution in [2.75, 3.05) is 20.8 Å². The van der Waals surface area contributed by atoms with Gasteiger partial charge in [-0.3, -0.25) is 43.2 Å². The van der Waals surface area contributed by atoms with Gasteiger partial charge in [0.05, 0.1) is 26.1 Å². The van der Waals surface area contributed by atoms with Gasteiger partial charge in [-0.05, 0) is 92.9 Å². The zero-order chi connectivity index (χ0) is 59.7. The van der Waals surface area contributed by atoms with Crippen LogP contribution < -0.4 is 31.9 Å². The van der Waals surface area contributed by atoms with E-state index in [2.05, 4.69) is 31.9 Å². The third-order valence-corrected chi connectivity index (χ3v) is 16.8. The molecule has 0 radical (unpaired) electrons. The van der Waals surface area contributed by atoms with E-state index in [9.17, 15) is 29.2 Å². The molecule has 7 N–H and O–H groups in total. The molecule has 4 aliphatic rings. The van der Waals surface area contributed by atoms with Gasteiger partial charge in [0.25, 0.3) is 5.91 Å². The number of carbonyl (C=O) groups excluding carboxylic acids is 10. The van der Waals surface area contributed by atoms with Gasteiger partial charge in [0.15, 0.2) is 0 Å². The van der Waals surface area contributed by atoms with Crippen LogP contribution in [0.2, 0.25) is 5.15 Å². The molecule has 1 unspecified atom stereocenters. The van der Waals surface area contributed by atoms with E-state index in [4.69, 9.17) is 25.8 Å². The van der Waals surface area contributed by atoms with Crippen LogP contribution in [0, 0.1) is 35.5 Å². The molecule has 7 amide bonds. The van der Waals surface area contributed by atoms with Crippen molar-refractivity contribution in [1.82, 2.24) is 41.5 Å². The molecule has 442 valence electrons. The largest absolute Gasteiger partial charge is 0.469 e. The van der Waals surface area contributed by atoms with Gasteiger partial charge in [0.2, 0.25) is 35.4 Å². The highest BCUT2D eigenvalue weighted by Crippen LogP contribution is 2.44. The van der Waals surface area contributed by atoms with Crippen molar-refractivity contribution in [3.8, 4) is 0 Å². The maximum atomic E-state index is 15.3. The van der Waals surface area contributed by atoms with E-state index in [1.807, 2.05) is 13.0 Å². The minimum absolute atomic E-state index is 0.0289. The molecule has 0 spiro atoms. The first-order chi connectivity index (χ1) is 39.1. The summed E-state index contributed by atoms with van der Waals surface area (Å²) >= 11 is 6.04. The lowest BCUT2D eigenvalue weighted by atomic mass is 9.90. The summed E-state index contributed by atoms with van der Waals surface area (Å²) in [6.45, 7) is 10.1. The van der Waals surface area contributed by atoms with Gasteiger partial charge in [-0.1, -0.05) is 119 Å². The number of halogens is 1. The number of allylic oxidation sites excluding steroid dienone is 1. The van der Waals surface area contributed by atoms with Crippen molar-refractivity contribution in [1.29, 1.82) is 0 Å². The predicted octanol–water partition coefficient (Wildman–Crippen LogP) is 3.69. The van der Waals surface area contributed by atoms with E-state index in [1.165, 1.54) is 38.2 Å². The van der Waals surface area contributed by atoms with Crippen LogP contribution in [0.5, 0.6) is 0 Å². The number of esters is 3. The molecule has 3 heterocycles. The Balaban J connectivity index is 1.34. The number of carbonyl (C=O) groups is 10.